The summed E-state index contributed by atoms with van der Waals surface area (Å²) >= 11 is 7.38. The van der Waals surface area contributed by atoms with Gasteiger partial charge >= 0.3 is 0 Å². The van der Waals surface area contributed by atoms with E-state index in [1.165, 1.54) is 0 Å². The predicted octanol–water partition coefficient (Wildman–Crippen LogP) is 2.86. The van der Waals surface area contributed by atoms with E-state index >= 15 is 0 Å². The Hall–Kier alpha value is -1.04. The molecule has 0 amide bonds. The third-order valence-electron chi connectivity index (χ3n) is 2.10. The molecule has 0 radical (unpaired) electrons. The van der Waals surface area contributed by atoms with Crippen molar-refractivity contribution in [1.82, 2.24) is 15.2 Å². The van der Waals surface area contributed by atoms with Gasteiger partial charge in [-0.2, -0.15) is 0 Å². The second-order valence-electron chi connectivity index (χ2n) is 3.31. The van der Waals surface area contributed by atoms with Crippen molar-refractivity contribution in [3.05, 3.63) is 29.3 Å². The van der Waals surface area contributed by atoms with Crippen LogP contribution in [0.25, 0.3) is 11.4 Å². The first-order chi connectivity index (χ1) is 8.29. The Morgan fingerprint density at radius 1 is 1.35 bits per heavy atom. The maximum atomic E-state index is 5.82. The first-order valence-corrected chi connectivity index (χ1v) is 6.46. The molecule has 1 aromatic carbocycles. The molecule has 0 aliphatic heterocycles. The summed E-state index contributed by atoms with van der Waals surface area (Å²) in [5.74, 6) is 1.59. The van der Waals surface area contributed by atoms with E-state index in [4.69, 9.17) is 16.3 Å². The minimum absolute atomic E-state index is 0.690. The molecule has 2 rings (SSSR count). The lowest BCUT2D eigenvalue weighted by Crippen LogP contribution is -1.91. The lowest BCUT2D eigenvalue weighted by atomic mass is 10.2. The quantitative estimate of drug-likeness (QED) is 0.670. The lowest BCUT2D eigenvalue weighted by molar-refractivity contribution is 0.218. The highest BCUT2D eigenvalue weighted by atomic mass is 35.5. The van der Waals surface area contributed by atoms with E-state index in [1.807, 2.05) is 24.3 Å². The predicted molar refractivity (Wildman–Crippen MR) is 69.4 cm³/mol. The molecule has 90 valence electrons. The summed E-state index contributed by atoms with van der Waals surface area (Å²) < 4.78 is 4.97. The summed E-state index contributed by atoms with van der Waals surface area (Å²) in [4.78, 5) is 4.38. The van der Waals surface area contributed by atoms with Gasteiger partial charge in [-0.05, 0) is 24.3 Å². The van der Waals surface area contributed by atoms with Crippen molar-refractivity contribution in [3.8, 4) is 11.4 Å². The topological polar surface area (TPSA) is 50.8 Å². The van der Waals surface area contributed by atoms with Gasteiger partial charge in [0.15, 0.2) is 5.82 Å². The number of H-pyrrole nitrogens is 1. The number of ether oxygens (including phenoxy) is 1. The van der Waals surface area contributed by atoms with Crippen LogP contribution in [0.4, 0.5) is 0 Å². The minimum Gasteiger partial charge on any atom is -0.384 e. The van der Waals surface area contributed by atoms with Crippen LogP contribution in [-0.2, 0) is 4.74 Å². The van der Waals surface area contributed by atoms with Crippen molar-refractivity contribution in [2.24, 2.45) is 0 Å². The molecule has 0 aliphatic rings. The summed E-state index contributed by atoms with van der Waals surface area (Å²) in [6.45, 7) is 0.690. The monoisotopic (exact) mass is 269 g/mol. The zero-order chi connectivity index (χ0) is 12.1. The van der Waals surface area contributed by atoms with Crippen molar-refractivity contribution in [3.63, 3.8) is 0 Å². The van der Waals surface area contributed by atoms with E-state index in [0.29, 0.717) is 11.6 Å². The van der Waals surface area contributed by atoms with E-state index in [-0.39, 0.29) is 0 Å². The fourth-order valence-electron chi connectivity index (χ4n) is 1.26. The Labute approximate surface area is 109 Å². The van der Waals surface area contributed by atoms with Gasteiger partial charge in [0.1, 0.15) is 0 Å². The highest BCUT2D eigenvalue weighted by Gasteiger charge is 2.05. The molecule has 0 unspecified atom stereocenters. The molecule has 0 spiro atoms. The third kappa shape index (κ3) is 3.46. The largest absolute Gasteiger partial charge is 0.384 e. The van der Waals surface area contributed by atoms with Crippen molar-refractivity contribution >= 4 is 23.4 Å². The van der Waals surface area contributed by atoms with Crippen LogP contribution in [0.15, 0.2) is 29.4 Å². The summed E-state index contributed by atoms with van der Waals surface area (Å²) in [5, 5.41) is 8.47. The number of rotatable bonds is 5. The molecule has 0 aliphatic carbocycles. The van der Waals surface area contributed by atoms with Crippen LogP contribution in [0, 0.1) is 0 Å². The number of nitrogens with one attached hydrogen (secondary N) is 1. The maximum absolute atomic E-state index is 5.82. The lowest BCUT2D eigenvalue weighted by Gasteiger charge is -1.95. The minimum atomic E-state index is 0.690. The van der Waals surface area contributed by atoms with Gasteiger partial charge in [-0.25, -0.2) is 4.98 Å². The SMILES string of the molecule is COCCSc1n[nH]c(-c2ccc(Cl)cc2)n1. The van der Waals surface area contributed by atoms with Crippen LogP contribution in [0.5, 0.6) is 0 Å². The van der Waals surface area contributed by atoms with Gasteiger partial charge in [-0.1, -0.05) is 23.4 Å². The molecular weight excluding hydrogens is 258 g/mol. The molecule has 1 heterocycles. The summed E-state index contributed by atoms with van der Waals surface area (Å²) in [6, 6.07) is 7.48. The van der Waals surface area contributed by atoms with E-state index in [1.54, 1.807) is 18.9 Å². The smallest absolute Gasteiger partial charge is 0.208 e. The van der Waals surface area contributed by atoms with Crippen molar-refractivity contribution < 1.29 is 4.74 Å². The van der Waals surface area contributed by atoms with Crippen molar-refractivity contribution in [2.45, 2.75) is 5.16 Å². The van der Waals surface area contributed by atoms with Crippen molar-refractivity contribution in [2.75, 3.05) is 19.5 Å². The molecule has 0 bridgehead atoms. The number of benzene rings is 1. The Morgan fingerprint density at radius 3 is 2.82 bits per heavy atom. The Balaban J connectivity index is 2.04. The van der Waals surface area contributed by atoms with E-state index in [2.05, 4.69) is 15.2 Å². The molecule has 17 heavy (non-hydrogen) atoms. The fraction of sp³-hybridized carbons (Fsp3) is 0.273. The van der Waals surface area contributed by atoms with Crippen LogP contribution in [0.2, 0.25) is 5.02 Å². The van der Waals surface area contributed by atoms with Crippen molar-refractivity contribution in [1.29, 1.82) is 0 Å². The molecule has 0 atom stereocenters. The molecule has 0 saturated heterocycles. The molecule has 6 heteroatoms. The van der Waals surface area contributed by atoms with Gasteiger partial charge < -0.3 is 4.74 Å². The van der Waals surface area contributed by atoms with Crippen LogP contribution >= 0.6 is 23.4 Å². The Kier molecular flexibility index (Phi) is 4.42. The zero-order valence-electron chi connectivity index (χ0n) is 9.31. The van der Waals surface area contributed by atoms with Gasteiger partial charge in [-0.15, -0.1) is 5.10 Å². The zero-order valence-corrected chi connectivity index (χ0v) is 10.9. The van der Waals surface area contributed by atoms with E-state index in [9.17, 15) is 0 Å². The van der Waals surface area contributed by atoms with Gasteiger partial charge in [-0.3, -0.25) is 5.10 Å². The highest BCUT2D eigenvalue weighted by molar-refractivity contribution is 7.99. The number of aromatic nitrogens is 3. The molecule has 1 aromatic heterocycles. The van der Waals surface area contributed by atoms with Gasteiger partial charge in [0, 0.05) is 23.4 Å². The Bertz CT molecular complexity index is 472. The third-order valence-corrected chi connectivity index (χ3v) is 3.16. The average Bonchev–Trinajstić information content (AvgIpc) is 2.79. The number of thioether (sulfide) groups is 1. The number of halogens is 1. The number of hydrogen-bond donors (Lipinski definition) is 1. The molecule has 0 fully saturated rings. The first kappa shape index (κ1) is 12.4. The van der Waals surface area contributed by atoms with Crippen LogP contribution < -0.4 is 0 Å². The first-order valence-electron chi connectivity index (χ1n) is 5.09. The number of aromatic amines is 1. The highest BCUT2D eigenvalue weighted by Crippen LogP contribution is 2.20. The average molecular weight is 270 g/mol. The normalized spacial score (nSPS) is 10.7. The molecule has 1 N–H and O–H groups in total. The Morgan fingerprint density at radius 2 is 2.12 bits per heavy atom. The number of methoxy groups -OCH3 is 1. The second kappa shape index (κ2) is 6.05. The van der Waals surface area contributed by atoms with Gasteiger partial charge in [0.2, 0.25) is 5.16 Å². The number of nitrogens with zero attached hydrogens (tertiary/aromatic N) is 2. The van der Waals surface area contributed by atoms with Gasteiger partial charge in [0.25, 0.3) is 0 Å². The summed E-state index contributed by atoms with van der Waals surface area (Å²) in [6.07, 6.45) is 0. The fourth-order valence-corrected chi connectivity index (χ4v) is 2.09. The van der Waals surface area contributed by atoms with Gasteiger partial charge in [0.05, 0.1) is 6.61 Å². The molecule has 4 nitrogen and oxygen atoms in total. The molecular formula is C11H12ClN3OS. The summed E-state index contributed by atoms with van der Waals surface area (Å²) in [5.41, 5.74) is 0.973. The van der Waals surface area contributed by atoms with E-state index < -0.39 is 0 Å². The van der Waals surface area contributed by atoms with Crippen LogP contribution in [0.1, 0.15) is 0 Å². The standard InChI is InChI=1S/C11H12ClN3OS/c1-16-6-7-17-11-13-10(14-15-11)8-2-4-9(12)5-3-8/h2-5H,6-7H2,1H3,(H,13,14,15). The van der Waals surface area contributed by atoms with Crippen LogP contribution in [-0.4, -0.2) is 34.7 Å². The van der Waals surface area contributed by atoms with Crippen LogP contribution in [0.3, 0.4) is 0 Å². The second-order valence-corrected chi connectivity index (χ2v) is 4.81. The maximum Gasteiger partial charge on any atom is 0.208 e. The van der Waals surface area contributed by atoms with E-state index in [0.717, 1.165) is 22.3 Å². The number of hydrogen-bond acceptors (Lipinski definition) is 4. The molecule has 2 aromatic rings. The summed E-state index contributed by atoms with van der Waals surface area (Å²) in [7, 11) is 1.68. The molecule has 0 saturated carbocycles.